The molecule has 3 heterocycles. The lowest BCUT2D eigenvalue weighted by Crippen LogP contribution is -2.29. The summed E-state index contributed by atoms with van der Waals surface area (Å²) in [5, 5.41) is 27.8. The molecule has 0 saturated heterocycles. The number of imidazole rings is 1. The number of aryl methyl sites for hydroxylation is 2. The maximum Gasteiger partial charge on any atom is 0.405 e. The average molecular weight is 534 g/mol. The molecule has 3 aromatic heterocycles. The maximum atomic E-state index is 12.8. The summed E-state index contributed by atoms with van der Waals surface area (Å²) in [7, 11) is 1.79. The number of nitrogens with one attached hydrogen (secondary N) is 2. The van der Waals surface area contributed by atoms with Gasteiger partial charge >= 0.3 is 6.18 Å². The number of aliphatic hydroxyl groups excluding tert-OH is 2. The molecule has 196 valence electrons. The van der Waals surface area contributed by atoms with Crippen molar-refractivity contribution in [2.75, 3.05) is 17.2 Å². The number of aromatic nitrogens is 5. The molecule has 1 fully saturated rings. The van der Waals surface area contributed by atoms with E-state index < -0.39 is 31.0 Å². The highest BCUT2D eigenvalue weighted by atomic mass is 32.1. The molecule has 1 unspecified atom stereocenters. The summed E-state index contributed by atoms with van der Waals surface area (Å²) in [6.07, 6.45) is -2.06. The Morgan fingerprint density at radius 2 is 1.97 bits per heavy atom. The molecule has 5 rings (SSSR count). The van der Waals surface area contributed by atoms with Crippen LogP contribution in [0.2, 0.25) is 0 Å². The van der Waals surface area contributed by atoms with Gasteiger partial charge in [-0.25, -0.2) is 15.0 Å². The molecule has 4 N–H and O–H groups in total. The molecule has 1 aliphatic carbocycles. The summed E-state index contributed by atoms with van der Waals surface area (Å²) in [6.45, 7) is 0.405. The standard InChI is InChI=1S/C24H26F3N7O2S/c1-12-18(22-32-14-5-3-4-6-17(14)37-22)20(33-23(30-12)29-11-24(25,26)27)31-15-9-13(10-16(15)35)19(36)21-28-7-8-34(21)2/h3-8,13,15-16,19,35-36H,9-11H2,1-2H3,(H2,29,30,31,33)/t13-,15+,16+,19?/m0/s1. The highest BCUT2D eigenvalue weighted by Gasteiger charge is 2.39. The largest absolute Gasteiger partial charge is 0.405 e. The van der Waals surface area contributed by atoms with Crippen LogP contribution in [-0.2, 0) is 7.05 Å². The number of fused-ring (bicyclic) bond motifs is 1. The number of aliphatic hydroxyl groups is 2. The topological polar surface area (TPSA) is 121 Å². The van der Waals surface area contributed by atoms with Gasteiger partial charge in [-0.3, -0.25) is 0 Å². The van der Waals surface area contributed by atoms with E-state index in [1.807, 2.05) is 24.3 Å². The number of para-hydroxylation sites is 1. The van der Waals surface area contributed by atoms with Crippen LogP contribution in [0, 0.1) is 12.8 Å². The Morgan fingerprint density at radius 1 is 1.19 bits per heavy atom. The molecule has 0 bridgehead atoms. The first-order chi connectivity index (χ1) is 17.6. The van der Waals surface area contributed by atoms with Crippen molar-refractivity contribution in [3.8, 4) is 10.6 Å². The number of hydrogen-bond donors (Lipinski definition) is 4. The molecule has 0 radical (unpaired) electrons. The summed E-state index contributed by atoms with van der Waals surface area (Å²) in [6, 6.07) is 7.09. The van der Waals surface area contributed by atoms with Gasteiger partial charge in [0.15, 0.2) is 0 Å². The van der Waals surface area contributed by atoms with Crippen LogP contribution in [0.3, 0.4) is 0 Å². The normalized spacial score (nSPS) is 20.9. The minimum absolute atomic E-state index is 0.181. The third kappa shape index (κ3) is 5.38. The van der Waals surface area contributed by atoms with Crippen LogP contribution in [0.5, 0.6) is 0 Å². The molecule has 0 aliphatic heterocycles. The number of benzene rings is 1. The van der Waals surface area contributed by atoms with E-state index in [0.717, 1.165) is 10.2 Å². The van der Waals surface area contributed by atoms with Crippen LogP contribution in [0.25, 0.3) is 20.8 Å². The van der Waals surface area contributed by atoms with Crippen molar-refractivity contribution in [2.24, 2.45) is 13.0 Å². The molecule has 1 aliphatic rings. The van der Waals surface area contributed by atoms with Gasteiger partial charge in [-0.05, 0) is 37.8 Å². The van der Waals surface area contributed by atoms with Crippen LogP contribution >= 0.6 is 11.3 Å². The monoisotopic (exact) mass is 533 g/mol. The van der Waals surface area contributed by atoms with E-state index in [2.05, 4.69) is 30.6 Å². The zero-order chi connectivity index (χ0) is 26.3. The Kier molecular flexibility index (Phi) is 6.77. The molecule has 4 atom stereocenters. The van der Waals surface area contributed by atoms with Crippen LogP contribution in [-0.4, -0.2) is 59.6 Å². The van der Waals surface area contributed by atoms with E-state index in [9.17, 15) is 23.4 Å². The molecular formula is C24H26F3N7O2S. The maximum absolute atomic E-state index is 12.8. The fourth-order valence-electron chi connectivity index (χ4n) is 4.69. The molecule has 1 saturated carbocycles. The molecule has 0 amide bonds. The Bertz CT molecular complexity index is 1370. The van der Waals surface area contributed by atoms with Crippen LogP contribution in [0.4, 0.5) is 24.9 Å². The smallest absolute Gasteiger partial charge is 0.391 e. The van der Waals surface area contributed by atoms with E-state index in [4.69, 9.17) is 0 Å². The predicted octanol–water partition coefficient (Wildman–Crippen LogP) is 4.05. The van der Waals surface area contributed by atoms with Gasteiger partial charge in [0.2, 0.25) is 5.95 Å². The summed E-state index contributed by atoms with van der Waals surface area (Å²) < 4.78 is 41.2. The lowest BCUT2D eigenvalue weighted by Gasteiger charge is -2.21. The first-order valence-electron chi connectivity index (χ1n) is 11.7. The Balaban J connectivity index is 1.47. The van der Waals surface area contributed by atoms with Gasteiger partial charge in [-0.1, -0.05) is 12.1 Å². The number of nitrogens with zero attached hydrogens (tertiary/aromatic N) is 5. The van der Waals surface area contributed by atoms with Crippen molar-refractivity contribution in [3.05, 3.63) is 48.2 Å². The molecular weight excluding hydrogens is 507 g/mol. The van der Waals surface area contributed by atoms with Crippen molar-refractivity contribution < 1.29 is 23.4 Å². The quantitative estimate of drug-likeness (QED) is 0.281. The highest BCUT2D eigenvalue weighted by Crippen LogP contribution is 2.40. The molecule has 1 aromatic carbocycles. The van der Waals surface area contributed by atoms with Gasteiger partial charge in [0.05, 0.1) is 33.6 Å². The highest BCUT2D eigenvalue weighted by molar-refractivity contribution is 7.21. The van der Waals surface area contributed by atoms with Gasteiger partial charge < -0.3 is 25.4 Å². The van der Waals surface area contributed by atoms with Gasteiger partial charge in [0, 0.05) is 19.4 Å². The Hall–Kier alpha value is -3.29. The molecule has 13 heteroatoms. The minimum Gasteiger partial charge on any atom is -0.391 e. The summed E-state index contributed by atoms with van der Waals surface area (Å²) in [4.78, 5) is 17.5. The second kappa shape index (κ2) is 9.88. The minimum atomic E-state index is -4.44. The zero-order valence-corrected chi connectivity index (χ0v) is 20.9. The van der Waals surface area contributed by atoms with E-state index >= 15 is 0 Å². The van der Waals surface area contributed by atoms with Crippen LogP contribution in [0.1, 0.15) is 30.5 Å². The van der Waals surface area contributed by atoms with E-state index in [1.165, 1.54) is 11.3 Å². The summed E-state index contributed by atoms with van der Waals surface area (Å²) in [5.41, 5.74) is 1.78. The van der Waals surface area contributed by atoms with E-state index in [1.54, 1.807) is 30.9 Å². The van der Waals surface area contributed by atoms with Crippen molar-refractivity contribution in [1.82, 2.24) is 24.5 Å². The molecule has 37 heavy (non-hydrogen) atoms. The third-order valence-corrected chi connectivity index (χ3v) is 7.56. The van der Waals surface area contributed by atoms with Gasteiger partial charge in [0.1, 0.15) is 29.3 Å². The first-order valence-corrected chi connectivity index (χ1v) is 12.6. The van der Waals surface area contributed by atoms with E-state index in [0.29, 0.717) is 34.9 Å². The van der Waals surface area contributed by atoms with Gasteiger partial charge in [-0.15, -0.1) is 11.3 Å². The number of halogens is 3. The molecule has 4 aromatic rings. The third-order valence-electron chi connectivity index (χ3n) is 6.50. The SMILES string of the molecule is Cc1nc(NCC(F)(F)F)nc(N[C@@H]2C[C@H](C(O)c3nccn3C)C[C@H]2O)c1-c1nc2ccccc2s1. The van der Waals surface area contributed by atoms with Crippen molar-refractivity contribution in [1.29, 1.82) is 0 Å². The number of alkyl halides is 3. The number of thiazole rings is 1. The number of anilines is 2. The van der Waals surface area contributed by atoms with Crippen molar-refractivity contribution in [2.45, 2.75) is 44.2 Å². The second-order valence-electron chi connectivity index (χ2n) is 9.20. The summed E-state index contributed by atoms with van der Waals surface area (Å²) in [5.74, 6) is 0.321. The Morgan fingerprint density at radius 3 is 2.68 bits per heavy atom. The first kappa shape index (κ1) is 25.4. The van der Waals surface area contributed by atoms with E-state index in [-0.39, 0.29) is 17.7 Å². The fourth-order valence-corrected chi connectivity index (χ4v) is 5.75. The number of rotatable bonds is 7. The van der Waals surface area contributed by atoms with Crippen LogP contribution in [0.15, 0.2) is 36.7 Å². The van der Waals surface area contributed by atoms with Gasteiger partial charge in [0.25, 0.3) is 0 Å². The second-order valence-corrected chi connectivity index (χ2v) is 10.2. The lowest BCUT2D eigenvalue weighted by atomic mass is 10.00. The molecule has 9 nitrogen and oxygen atoms in total. The zero-order valence-electron chi connectivity index (χ0n) is 20.1. The number of hydrogen-bond acceptors (Lipinski definition) is 9. The lowest BCUT2D eigenvalue weighted by molar-refractivity contribution is -0.115. The van der Waals surface area contributed by atoms with Gasteiger partial charge in [-0.2, -0.15) is 18.2 Å². The molecule has 0 spiro atoms. The fraction of sp³-hybridized carbons (Fsp3) is 0.417. The van der Waals surface area contributed by atoms with Crippen LogP contribution < -0.4 is 10.6 Å². The van der Waals surface area contributed by atoms with Crippen molar-refractivity contribution in [3.63, 3.8) is 0 Å². The van der Waals surface area contributed by atoms with Crippen molar-refractivity contribution >= 4 is 33.3 Å². The predicted molar refractivity (Wildman–Crippen MR) is 134 cm³/mol. The summed E-state index contributed by atoms with van der Waals surface area (Å²) >= 11 is 1.42. The Labute approximate surface area is 214 Å². The average Bonchev–Trinajstić information content (AvgIpc) is 3.55.